The Labute approximate surface area is 190 Å². The molecule has 2 aromatic carbocycles. The Morgan fingerprint density at radius 3 is 1.91 bits per heavy atom. The molecule has 0 aliphatic heterocycles. The van der Waals surface area contributed by atoms with Crippen LogP contribution in [0.25, 0.3) is 0 Å². The molecular formula is C24H23N5O4. The van der Waals surface area contributed by atoms with Crippen molar-refractivity contribution in [2.24, 2.45) is 9.98 Å². The van der Waals surface area contributed by atoms with Gasteiger partial charge in [-0.3, -0.25) is 30.2 Å². The maximum absolute atomic E-state index is 11.1. The van der Waals surface area contributed by atoms with Gasteiger partial charge in [-0.2, -0.15) is 0 Å². The summed E-state index contributed by atoms with van der Waals surface area (Å²) in [6.07, 6.45) is 0. The molecule has 3 aromatic rings. The number of rotatable bonds is 6. The lowest BCUT2D eigenvalue weighted by Gasteiger charge is -2.08. The summed E-state index contributed by atoms with van der Waals surface area (Å²) in [7, 11) is 0. The number of benzene rings is 2. The zero-order valence-corrected chi connectivity index (χ0v) is 19.0. The zero-order chi connectivity index (χ0) is 24.3. The van der Waals surface area contributed by atoms with Crippen molar-refractivity contribution < 1.29 is 9.85 Å². The first-order chi connectivity index (χ1) is 15.6. The summed E-state index contributed by atoms with van der Waals surface area (Å²) < 4.78 is 0. The lowest BCUT2D eigenvalue weighted by atomic mass is 10.1. The van der Waals surface area contributed by atoms with Crippen molar-refractivity contribution in [2.75, 3.05) is 0 Å². The van der Waals surface area contributed by atoms with Gasteiger partial charge < -0.3 is 0 Å². The lowest BCUT2D eigenvalue weighted by molar-refractivity contribution is -0.385. The molecule has 1 aromatic heterocycles. The van der Waals surface area contributed by atoms with Crippen LogP contribution in [0.4, 0.5) is 22.7 Å². The molecule has 33 heavy (non-hydrogen) atoms. The van der Waals surface area contributed by atoms with Crippen molar-refractivity contribution >= 4 is 34.2 Å². The van der Waals surface area contributed by atoms with E-state index in [1.54, 1.807) is 26.0 Å². The van der Waals surface area contributed by atoms with E-state index in [0.29, 0.717) is 45.3 Å². The van der Waals surface area contributed by atoms with Crippen molar-refractivity contribution in [3.8, 4) is 0 Å². The number of aryl methyl sites for hydroxylation is 1. The summed E-state index contributed by atoms with van der Waals surface area (Å²) >= 11 is 0. The molecular weight excluding hydrogens is 422 g/mol. The van der Waals surface area contributed by atoms with Gasteiger partial charge in [-0.1, -0.05) is 6.07 Å². The van der Waals surface area contributed by atoms with Crippen LogP contribution in [0, 0.1) is 41.0 Å². The van der Waals surface area contributed by atoms with Gasteiger partial charge in [0.2, 0.25) is 0 Å². The minimum atomic E-state index is -0.436. The maximum Gasteiger partial charge on any atom is 0.272 e. The smallest absolute Gasteiger partial charge is 0.258 e. The zero-order valence-electron chi connectivity index (χ0n) is 19.0. The second-order valence-corrected chi connectivity index (χ2v) is 7.64. The fourth-order valence-corrected chi connectivity index (χ4v) is 3.30. The molecule has 0 atom stereocenters. The van der Waals surface area contributed by atoms with Crippen LogP contribution < -0.4 is 0 Å². The Morgan fingerprint density at radius 1 is 0.788 bits per heavy atom. The highest BCUT2D eigenvalue weighted by Gasteiger charge is 2.15. The fraction of sp³-hybridized carbons (Fsp3) is 0.208. The van der Waals surface area contributed by atoms with Gasteiger partial charge in [-0.05, 0) is 70.0 Å². The first-order valence-electron chi connectivity index (χ1n) is 10.2. The molecule has 168 valence electrons. The van der Waals surface area contributed by atoms with Crippen LogP contribution in [-0.2, 0) is 0 Å². The van der Waals surface area contributed by atoms with Gasteiger partial charge in [0.05, 0.1) is 44.0 Å². The van der Waals surface area contributed by atoms with Crippen LogP contribution in [0.15, 0.2) is 58.5 Å². The number of non-ortho nitro benzene ring substituents is 1. The van der Waals surface area contributed by atoms with Gasteiger partial charge in [0, 0.05) is 23.8 Å². The number of nitro benzene ring substituents is 2. The van der Waals surface area contributed by atoms with Crippen LogP contribution in [-0.4, -0.2) is 26.3 Å². The van der Waals surface area contributed by atoms with Gasteiger partial charge in [-0.25, -0.2) is 4.98 Å². The Kier molecular flexibility index (Phi) is 6.72. The summed E-state index contributed by atoms with van der Waals surface area (Å²) in [5, 5.41) is 22.1. The van der Waals surface area contributed by atoms with Crippen LogP contribution >= 0.6 is 0 Å². The molecule has 0 bridgehead atoms. The van der Waals surface area contributed by atoms with E-state index in [0.717, 1.165) is 5.56 Å². The number of hydrogen-bond donors (Lipinski definition) is 0. The van der Waals surface area contributed by atoms with Crippen LogP contribution in [0.1, 0.15) is 41.9 Å². The second kappa shape index (κ2) is 9.47. The second-order valence-electron chi connectivity index (χ2n) is 7.64. The van der Waals surface area contributed by atoms with E-state index in [1.807, 2.05) is 39.0 Å². The topological polar surface area (TPSA) is 124 Å². The van der Waals surface area contributed by atoms with Crippen molar-refractivity contribution in [2.45, 2.75) is 34.6 Å². The number of nitrogens with zero attached hydrogens (tertiary/aromatic N) is 5. The molecule has 0 radical (unpaired) electrons. The third kappa shape index (κ3) is 5.15. The molecule has 0 spiro atoms. The highest BCUT2D eigenvalue weighted by atomic mass is 16.6. The van der Waals surface area contributed by atoms with Gasteiger partial charge >= 0.3 is 0 Å². The first-order valence-corrected chi connectivity index (χ1v) is 10.2. The molecule has 0 aliphatic carbocycles. The summed E-state index contributed by atoms with van der Waals surface area (Å²) in [5.41, 5.74) is 6.00. The first kappa shape index (κ1) is 23.4. The number of aromatic nitrogens is 1. The molecule has 0 aliphatic rings. The van der Waals surface area contributed by atoms with E-state index in [4.69, 9.17) is 0 Å². The fourth-order valence-electron chi connectivity index (χ4n) is 3.30. The minimum Gasteiger partial charge on any atom is -0.258 e. The predicted molar refractivity (Wildman–Crippen MR) is 128 cm³/mol. The molecule has 0 N–H and O–H groups in total. The average Bonchev–Trinajstić information content (AvgIpc) is 2.78. The highest BCUT2D eigenvalue weighted by Crippen LogP contribution is 2.29. The summed E-state index contributed by atoms with van der Waals surface area (Å²) in [6, 6.07) is 13.1. The molecule has 9 heteroatoms. The third-order valence-corrected chi connectivity index (χ3v) is 5.38. The number of aliphatic imine (C=N–C) groups is 2. The maximum atomic E-state index is 11.1. The molecule has 0 saturated carbocycles. The van der Waals surface area contributed by atoms with Crippen LogP contribution in [0.2, 0.25) is 0 Å². The van der Waals surface area contributed by atoms with Crippen molar-refractivity contribution in [1.29, 1.82) is 0 Å². The van der Waals surface area contributed by atoms with E-state index in [-0.39, 0.29) is 11.4 Å². The standard InChI is InChI=1S/C24H23N5O4/c1-14-13-19(28(30)31)9-10-20(14)25-17(4)22-7-6-8-23(27-22)18(5)26-21-11-12-24(29(32)33)16(3)15(21)2/h6-13H,1-5H3. The van der Waals surface area contributed by atoms with Crippen LogP contribution in [0.5, 0.6) is 0 Å². The highest BCUT2D eigenvalue weighted by molar-refractivity contribution is 6.02. The Bertz CT molecular complexity index is 1330. The van der Waals surface area contributed by atoms with Gasteiger partial charge in [0.1, 0.15) is 0 Å². The van der Waals surface area contributed by atoms with E-state index in [2.05, 4.69) is 15.0 Å². The molecule has 0 fully saturated rings. The summed E-state index contributed by atoms with van der Waals surface area (Å²) in [5.74, 6) is 0. The summed E-state index contributed by atoms with van der Waals surface area (Å²) in [4.78, 5) is 35.2. The minimum absolute atomic E-state index is 0.0211. The molecule has 0 amide bonds. The molecule has 1 heterocycles. The molecule has 0 saturated heterocycles. The number of pyridine rings is 1. The van der Waals surface area contributed by atoms with E-state index in [1.165, 1.54) is 18.2 Å². The van der Waals surface area contributed by atoms with Gasteiger partial charge in [0.25, 0.3) is 11.4 Å². The van der Waals surface area contributed by atoms with Crippen molar-refractivity contribution in [3.63, 3.8) is 0 Å². The lowest BCUT2D eigenvalue weighted by Crippen LogP contribution is -2.05. The van der Waals surface area contributed by atoms with Crippen molar-refractivity contribution in [3.05, 3.63) is 96.8 Å². The molecule has 0 unspecified atom stereocenters. The SMILES string of the molecule is CC(=Nc1ccc([N+](=O)[O-])cc1C)c1cccc(C(C)=Nc2ccc([N+](=O)[O-])c(C)c2C)n1. The number of hydrogen-bond acceptors (Lipinski definition) is 7. The van der Waals surface area contributed by atoms with Gasteiger partial charge in [0.15, 0.2) is 0 Å². The molecule has 9 nitrogen and oxygen atoms in total. The number of nitro groups is 2. The average molecular weight is 445 g/mol. The predicted octanol–water partition coefficient (Wildman–Crippen LogP) is 6.10. The normalized spacial score (nSPS) is 12.0. The largest absolute Gasteiger partial charge is 0.272 e. The van der Waals surface area contributed by atoms with Crippen LogP contribution in [0.3, 0.4) is 0 Å². The molecule has 3 rings (SSSR count). The Hall–Kier alpha value is -4.27. The monoisotopic (exact) mass is 445 g/mol. The summed E-state index contributed by atoms with van der Waals surface area (Å²) in [6.45, 7) is 8.94. The van der Waals surface area contributed by atoms with E-state index >= 15 is 0 Å². The third-order valence-electron chi connectivity index (χ3n) is 5.38. The Morgan fingerprint density at radius 2 is 1.36 bits per heavy atom. The Balaban J connectivity index is 1.94. The quantitative estimate of drug-likeness (QED) is 0.257. The van der Waals surface area contributed by atoms with E-state index < -0.39 is 9.85 Å². The van der Waals surface area contributed by atoms with Crippen molar-refractivity contribution in [1.82, 2.24) is 4.98 Å². The van der Waals surface area contributed by atoms with E-state index in [9.17, 15) is 20.2 Å². The van der Waals surface area contributed by atoms with Gasteiger partial charge in [-0.15, -0.1) is 0 Å².